The quantitative estimate of drug-likeness (QED) is 0.582. The van der Waals surface area contributed by atoms with Gasteiger partial charge in [0, 0.05) is 18.0 Å². The average Bonchev–Trinajstić information content (AvgIpc) is 3.32. The molecule has 136 valence electrons. The lowest BCUT2D eigenvalue weighted by Crippen LogP contribution is -2.32. The van der Waals surface area contributed by atoms with Gasteiger partial charge in [0.2, 0.25) is 5.91 Å². The predicted octanol–water partition coefficient (Wildman–Crippen LogP) is 4.47. The van der Waals surface area contributed by atoms with Gasteiger partial charge in [-0.25, -0.2) is 4.98 Å². The molecule has 0 unspecified atom stereocenters. The highest BCUT2D eigenvalue weighted by Gasteiger charge is 2.18. The first-order valence-corrected chi connectivity index (χ1v) is 10.5. The summed E-state index contributed by atoms with van der Waals surface area (Å²) in [6, 6.07) is 14.4. The normalized spacial score (nSPS) is 12.1. The van der Waals surface area contributed by atoms with Gasteiger partial charge in [0.25, 0.3) is 0 Å². The number of hydrogen-bond acceptors (Lipinski definition) is 4. The molecule has 3 aromatic rings. The first-order valence-electron chi connectivity index (χ1n) is 8.76. The van der Waals surface area contributed by atoms with E-state index in [1.54, 1.807) is 11.3 Å². The zero-order chi connectivity index (χ0) is 18.4. The highest BCUT2D eigenvalue weighted by molar-refractivity contribution is 8.00. The molecular formula is C20H23N3OS2. The van der Waals surface area contributed by atoms with E-state index in [0.717, 1.165) is 29.4 Å². The molecule has 0 spiro atoms. The average molecular weight is 386 g/mol. The fraction of sp³-hybridized carbons (Fsp3) is 0.300. The number of thioether (sulfide) groups is 1. The van der Waals surface area contributed by atoms with Gasteiger partial charge < -0.3 is 9.88 Å². The van der Waals surface area contributed by atoms with Crippen molar-refractivity contribution >= 4 is 29.0 Å². The maximum absolute atomic E-state index is 12.4. The summed E-state index contributed by atoms with van der Waals surface area (Å²) in [4.78, 5) is 18.2. The van der Waals surface area contributed by atoms with Gasteiger partial charge in [-0.3, -0.25) is 4.79 Å². The van der Waals surface area contributed by atoms with Crippen LogP contribution in [0, 0.1) is 0 Å². The Labute approximate surface area is 162 Å². The molecule has 2 heterocycles. The molecule has 1 amide bonds. The van der Waals surface area contributed by atoms with Crippen molar-refractivity contribution in [1.82, 2.24) is 14.9 Å². The third-order valence-corrected chi connectivity index (χ3v) is 6.15. The fourth-order valence-electron chi connectivity index (χ4n) is 2.72. The summed E-state index contributed by atoms with van der Waals surface area (Å²) in [5.41, 5.74) is 2.22. The van der Waals surface area contributed by atoms with Gasteiger partial charge in [-0.15, -0.1) is 11.3 Å². The van der Waals surface area contributed by atoms with Crippen LogP contribution in [0.1, 0.15) is 18.7 Å². The van der Waals surface area contributed by atoms with Gasteiger partial charge >= 0.3 is 0 Å². The second-order valence-electron chi connectivity index (χ2n) is 5.92. The molecule has 1 N–H and O–H groups in total. The highest BCUT2D eigenvalue weighted by atomic mass is 32.2. The van der Waals surface area contributed by atoms with E-state index in [2.05, 4.69) is 45.4 Å². The Kier molecular flexibility index (Phi) is 6.52. The number of nitrogens with zero attached hydrogens (tertiary/aromatic N) is 2. The number of carbonyl (C=O) groups excluding carboxylic acids is 1. The first kappa shape index (κ1) is 18.7. The van der Waals surface area contributed by atoms with Gasteiger partial charge in [-0.2, -0.15) is 0 Å². The Morgan fingerprint density at radius 2 is 2.08 bits per heavy atom. The molecule has 6 heteroatoms. The van der Waals surface area contributed by atoms with Crippen LogP contribution >= 0.6 is 23.1 Å². The van der Waals surface area contributed by atoms with Crippen LogP contribution in [0.3, 0.4) is 0 Å². The molecule has 0 saturated heterocycles. The van der Waals surface area contributed by atoms with Gasteiger partial charge in [-0.05, 0) is 37.3 Å². The zero-order valence-corrected chi connectivity index (χ0v) is 16.6. The first-order chi connectivity index (χ1) is 12.7. The van der Waals surface area contributed by atoms with Crippen molar-refractivity contribution < 1.29 is 4.79 Å². The van der Waals surface area contributed by atoms with E-state index in [9.17, 15) is 4.79 Å². The summed E-state index contributed by atoms with van der Waals surface area (Å²) in [6.07, 6.45) is 2.77. The Morgan fingerprint density at radius 3 is 2.77 bits per heavy atom. The molecule has 2 aromatic heterocycles. The lowest BCUT2D eigenvalue weighted by atomic mass is 10.2. The third-order valence-electron chi connectivity index (χ3n) is 4.11. The molecule has 0 aliphatic rings. The van der Waals surface area contributed by atoms with Crippen molar-refractivity contribution in [3.05, 3.63) is 58.9 Å². The maximum Gasteiger partial charge on any atom is 0.233 e. The van der Waals surface area contributed by atoms with Crippen LogP contribution in [0.5, 0.6) is 0 Å². The summed E-state index contributed by atoms with van der Waals surface area (Å²) in [5.74, 6) is 0.0541. The molecule has 26 heavy (non-hydrogen) atoms. The maximum atomic E-state index is 12.4. The van der Waals surface area contributed by atoms with E-state index in [1.165, 1.54) is 16.6 Å². The van der Waals surface area contributed by atoms with Crippen LogP contribution in [-0.4, -0.2) is 27.3 Å². The van der Waals surface area contributed by atoms with Crippen molar-refractivity contribution in [2.75, 3.05) is 6.54 Å². The number of hydrogen-bond donors (Lipinski definition) is 1. The number of thiophene rings is 1. The van der Waals surface area contributed by atoms with Crippen molar-refractivity contribution in [2.45, 2.75) is 37.2 Å². The van der Waals surface area contributed by atoms with Crippen molar-refractivity contribution in [3.8, 4) is 11.3 Å². The topological polar surface area (TPSA) is 46.9 Å². The minimum Gasteiger partial charge on any atom is -0.355 e. The second kappa shape index (κ2) is 9.05. The van der Waals surface area contributed by atoms with Crippen LogP contribution in [0.25, 0.3) is 11.3 Å². The summed E-state index contributed by atoms with van der Waals surface area (Å²) in [5, 5.41) is 5.78. The number of imidazole rings is 1. The summed E-state index contributed by atoms with van der Waals surface area (Å²) in [7, 11) is 0. The van der Waals surface area contributed by atoms with Gasteiger partial charge in [0.15, 0.2) is 5.16 Å². The fourth-order valence-corrected chi connectivity index (χ4v) is 4.40. The molecule has 0 fully saturated rings. The molecule has 3 rings (SSSR count). The number of amides is 1. The number of aromatic nitrogens is 2. The predicted molar refractivity (Wildman–Crippen MR) is 110 cm³/mol. The van der Waals surface area contributed by atoms with E-state index in [4.69, 9.17) is 0 Å². The van der Waals surface area contributed by atoms with Gasteiger partial charge in [0.1, 0.15) is 0 Å². The van der Waals surface area contributed by atoms with E-state index in [0.29, 0.717) is 6.54 Å². The SMILES string of the molecule is CCn1c(-c2ccccc2)cnc1S[C@H](C)C(=O)NCCc1cccs1. The van der Waals surface area contributed by atoms with E-state index >= 15 is 0 Å². The Morgan fingerprint density at radius 1 is 1.27 bits per heavy atom. The number of nitrogens with one attached hydrogen (secondary N) is 1. The van der Waals surface area contributed by atoms with Crippen LogP contribution < -0.4 is 5.32 Å². The molecule has 1 atom stereocenters. The highest BCUT2D eigenvalue weighted by Crippen LogP contribution is 2.28. The van der Waals surface area contributed by atoms with Crippen LogP contribution in [0.4, 0.5) is 0 Å². The minimum atomic E-state index is -0.186. The molecule has 0 aliphatic heterocycles. The minimum absolute atomic E-state index is 0.0541. The third kappa shape index (κ3) is 4.56. The molecule has 0 radical (unpaired) electrons. The lowest BCUT2D eigenvalue weighted by Gasteiger charge is -2.13. The van der Waals surface area contributed by atoms with Crippen LogP contribution in [-0.2, 0) is 17.8 Å². The van der Waals surface area contributed by atoms with Crippen LogP contribution in [0.15, 0.2) is 59.2 Å². The van der Waals surface area contributed by atoms with E-state index in [1.807, 2.05) is 37.4 Å². The number of rotatable bonds is 8. The summed E-state index contributed by atoms with van der Waals surface area (Å²) in [6.45, 7) is 5.52. The molecule has 1 aromatic carbocycles. The van der Waals surface area contributed by atoms with Gasteiger partial charge in [-0.1, -0.05) is 48.2 Å². The summed E-state index contributed by atoms with van der Waals surface area (Å²) >= 11 is 3.23. The molecule has 4 nitrogen and oxygen atoms in total. The van der Waals surface area contributed by atoms with Crippen molar-refractivity contribution in [1.29, 1.82) is 0 Å². The largest absolute Gasteiger partial charge is 0.355 e. The Bertz CT molecular complexity index is 828. The van der Waals surface area contributed by atoms with Crippen molar-refractivity contribution in [2.24, 2.45) is 0 Å². The Balaban J connectivity index is 1.61. The number of carbonyl (C=O) groups is 1. The monoisotopic (exact) mass is 385 g/mol. The molecule has 0 saturated carbocycles. The zero-order valence-electron chi connectivity index (χ0n) is 15.0. The molecule has 0 bridgehead atoms. The summed E-state index contributed by atoms with van der Waals surface area (Å²) < 4.78 is 2.16. The van der Waals surface area contributed by atoms with E-state index in [-0.39, 0.29) is 11.2 Å². The smallest absolute Gasteiger partial charge is 0.233 e. The van der Waals surface area contributed by atoms with Crippen LogP contribution in [0.2, 0.25) is 0 Å². The van der Waals surface area contributed by atoms with Crippen molar-refractivity contribution in [3.63, 3.8) is 0 Å². The number of benzene rings is 1. The van der Waals surface area contributed by atoms with E-state index < -0.39 is 0 Å². The standard InChI is InChI=1S/C20H23N3OS2/c1-3-23-18(16-8-5-4-6-9-16)14-22-20(23)26-15(2)19(24)21-12-11-17-10-7-13-25-17/h4-10,13-15H,3,11-12H2,1-2H3,(H,21,24)/t15-/m1/s1. The van der Waals surface area contributed by atoms with Gasteiger partial charge in [0.05, 0.1) is 17.1 Å². The molecular weight excluding hydrogens is 362 g/mol. The Hall–Kier alpha value is -2.05. The lowest BCUT2D eigenvalue weighted by molar-refractivity contribution is -0.120. The second-order valence-corrected chi connectivity index (χ2v) is 8.26. The molecule has 0 aliphatic carbocycles.